The lowest BCUT2D eigenvalue weighted by Gasteiger charge is -2.03. The fourth-order valence-corrected chi connectivity index (χ4v) is 2.41. The number of alkyl halides is 3. The first kappa shape index (κ1) is 11.1. The third-order valence-electron chi connectivity index (χ3n) is 2.23. The number of carbonyl (C=O) groups excluding carboxylic acids is 1. The van der Waals surface area contributed by atoms with Crippen molar-refractivity contribution in [2.24, 2.45) is 0 Å². The number of Topliss-reactive ketones (excluding diaryl/α,β-unsaturated/α-hetero) is 1. The minimum Gasteiger partial charge on any atom is -0.289 e. The molecule has 0 unspecified atom stereocenters. The van der Waals surface area contributed by atoms with E-state index in [1.807, 2.05) is 12.1 Å². The van der Waals surface area contributed by atoms with Gasteiger partial charge in [0.25, 0.3) is 0 Å². The van der Waals surface area contributed by atoms with E-state index in [1.165, 1.54) is 11.3 Å². The van der Waals surface area contributed by atoms with Crippen LogP contribution in [0.2, 0.25) is 0 Å². The number of rotatable bonds is 2. The van der Waals surface area contributed by atoms with Crippen LogP contribution < -0.4 is 0 Å². The number of carbonyl (C=O) groups is 1. The SMILES string of the molecule is O=C(Cc1csc2ccccc12)C(F)(F)F. The molecule has 0 radical (unpaired) electrons. The van der Waals surface area contributed by atoms with Gasteiger partial charge < -0.3 is 0 Å². The molecule has 0 atom stereocenters. The quantitative estimate of drug-likeness (QED) is 0.789. The van der Waals surface area contributed by atoms with Gasteiger partial charge in [-0.05, 0) is 22.4 Å². The van der Waals surface area contributed by atoms with Crippen LogP contribution in [0.1, 0.15) is 5.56 Å². The Hall–Kier alpha value is -1.36. The Kier molecular flexibility index (Phi) is 2.71. The van der Waals surface area contributed by atoms with Crippen molar-refractivity contribution in [3.8, 4) is 0 Å². The number of benzene rings is 1. The van der Waals surface area contributed by atoms with Gasteiger partial charge in [0.2, 0.25) is 5.78 Å². The monoisotopic (exact) mass is 244 g/mol. The van der Waals surface area contributed by atoms with Crippen LogP contribution in [0.4, 0.5) is 13.2 Å². The molecule has 0 aliphatic carbocycles. The molecule has 84 valence electrons. The van der Waals surface area contributed by atoms with Crippen LogP contribution in [0.5, 0.6) is 0 Å². The van der Waals surface area contributed by atoms with Gasteiger partial charge in [-0.1, -0.05) is 18.2 Å². The molecular weight excluding hydrogens is 237 g/mol. The van der Waals surface area contributed by atoms with Crippen molar-refractivity contribution in [3.63, 3.8) is 0 Å². The second-order valence-electron chi connectivity index (χ2n) is 3.35. The van der Waals surface area contributed by atoms with Gasteiger partial charge in [0.05, 0.1) is 0 Å². The van der Waals surface area contributed by atoms with E-state index >= 15 is 0 Å². The Balaban J connectivity index is 2.32. The van der Waals surface area contributed by atoms with Gasteiger partial charge in [-0.2, -0.15) is 13.2 Å². The summed E-state index contributed by atoms with van der Waals surface area (Å²) in [6.07, 6.45) is -5.32. The zero-order valence-corrected chi connectivity index (χ0v) is 8.86. The van der Waals surface area contributed by atoms with E-state index in [0.717, 1.165) is 10.1 Å². The van der Waals surface area contributed by atoms with Gasteiger partial charge in [0, 0.05) is 11.1 Å². The smallest absolute Gasteiger partial charge is 0.289 e. The molecule has 2 rings (SSSR count). The van der Waals surface area contributed by atoms with Crippen LogP contribution in [0.25, 0.3) is 10.1 Å². The minimum absolute atomic E-state index is 0.447. The largest absolute Gasteiger partial charge is 0.450 e. The molecule has 0 saturated heterocycles. The predicted molar refractivity (Wildman–Crippen MR) is 56.6 cm³/mol. The normalized spacial score (nSPS) is 11.9. The van der Waals surface area contributed by atoms with E-state index in [0.29, 0.717) is 5.56 Å². The Labute approximate surface area is 93.5 Å². The first-order chi connectivity index (χ1) is 7.48. The Morgan fingerprint density at radius 3 is 2.62 bits per heavy atom. The molecule has 0 bridgehead atoms. The van der Waals surface area contributed by atoms with Gasteiger partial charge in [-0.25, -0.2) is 0 Å². The Morgan fingerprint density at radius 2 is 1.94 bits per heavy atom. The van der Waals surface area contributed by atoms with Crippen LogP contribution in [0, 0.1) is 0 Å². The van der Waals surface area contributed by atoms with Gasteiger partial charge in [0.15, 0.2) is 0 Å². The molecule has 1 aromatic carbocycles. The molecule has 0 spiro atoms. The number of hydrogen-bond acceptors (Lipinski definition) is 2. The highest BCUT2D eigenvalue weighted by Crippen LogP contribution is 2.28. The van der Waals surface area contributed by atoms with Crippen molar-refractivity contribution in [2.45, 2.75) is 12.6 Å². The number of halogens is 3. The van der Waals surface area contributed by atoms with E-state index in [2.05, 4.69) is 0 Å². The molecule has 16 heavy (non-hydrogen) atoms. The number of ketones is 1. The lowest BCUT2D eigenvalue weighted by molar-refractivity contribution is -0.170. The average molecular weight is 244 g/mol. The molecule has 0 fully saturated rings. The molecule has 1 nitrogen and oxygen atoms in total. The van der Waals surface area contributed by atoms with Crippen molar-refractivity contribution in [1.29, 1.82) is 0 Å². The second-order valence-corrected chi connectivity index (χ2v) is 4.27. The number of fused-ring (bicyclic) bond motifs is 1. The topological polar surface area (TPSA) is 17.1 Å². The summed E-state index contributed by atoms with van der Waals surface area (Å²) in [5.41, 5.74) is 0.447. The fourth-order valence-electron chi connectivity index (χ4n) is 1.44. The van der Waals surface area contributed by atoms with Crippen LogP contribution in [-0.2, 0) is 11.2 Å². The van der Waals surface area contributed by atoms with Crippen LogP contribution in [-0.4, -0.2) is 12.0 Å². The zero-order valence-electron chi connectivity index (χ0n) is 8.04. The Morgan fingerprint density at radius 1 is 1.25 bits per heavy atom. The summed E-state index contributed by atoms with van der Waals surface area (Å²) in [4.78, 5) is 10.9. The highest BCUT2D eigenvalue weighted by molar-refractivity contribution is 7.17. The first-order valence-electron chi connectivity index (χ1n) is 4.53. The van der Waals surface area contributed by atoms with Crippen molar-refractivity contribution in [2.75, 3.05) is 0 Å². The molecule has 0 saturated carbocycles. The van der Waals surface area contributed by atoms with Gasteiger partial charge >= 0.3 is 6.18 Å². The predicted octanol–water partition coefficient (Wildman–Crippen LogP) is 3.58. The third-order valence-corrected chi connectivity index (χ3v) is 3.24. The summed E-state index contributed by atoms with van der Waals surface area (Å²) in [6, 6.07) is 7.11. The zero-order chi connectivity index (χ0) is 11.8. The molecule has 0 aliphatic rings. The summed E-state index contributed by atoms with van der Waals surface area (Å²) in [5.74, 6) is -1.70. The molecule has 0 N–H and O–H groups in total. The van der Waals surface area contributed by atoms with E-state index < -0.39 is 18.4 Å². The van der Waals surface area contributed by atoms with Crippen LogP contribution in [0.3, 0.4) is 0 Å². The fraction of sp³-hybridized carbons (Fsp3) is 0.182. The molecule has 1 heterocycles. The lowest BCUT2D eigenvalue weighted by atomic mass is 10.1. The summed E-state index contributed by atoms with van der Waals surface area (Å²) in [5, 5.41) is 2.33. The van der Waals surface area contributed by atoms with E-state index in [9.17, 15) is 18.0 Å². The van der Waals surface area contributed by atoms with E-state index in [1.54, 1.807) is 17.5 Å². The standard InChI is InChI=1S/C11H7F3OS/c12-11(13,14)10(15)5-7-6-16-9-4-2-1-3-8(7)9/h1-4,6H,5H2. The van der Waals surface area contributed by atoms with Crippen molar-refractivity contribution < 1.29 is 18.0 Å². The maximum atomic E-state index is 12.1. The van der Waals surface area contributed by atoms with E-state index in [-0.39, 0.29) is 0 Å². The third kappa shape index (κ3) is 2.09. The highest BCUT2D eigenvalue weighted by Gasteiger charge is 2.38. The van der Waals surface area contributed by atoms with Gasteiger partial charge in [-0.3, -0.25) is 4.79 Å². The van der Waals surface area contributed by atoms with Gasteiger partial charge in [0.1, 0.15) is 0 Å². The van der Waals surface area contributed by atoms with Crippen LogP contribution >= 0.6 is 11.3 Å². The summed E-state index contributed by atoms with van der Waals surface area (Å²) >= 11 is 1.35. The Bertz CT molecular complexity index is 527. The summed E-state index contributed by atoms with van der Waals surface area (Å²) in [6.45, 7) is 0. The summed E-state index contributed by atoms with van der Waals surface area (Å²) < 4.78 is 37.2. The molecule has 1 aromatic heterocycles. The number of hydrogen-bond donors (Lipinski definition) is 0. The molecular formula is C11H7F3OS. The summed E-state index contributed by atoms with van der Waals surface area (Å²) in [7, 11) is 0. The van der Waals surface area contributed by atoms with E-state index in [4.69, 9.17) is 0 Å². The molecule has 0 aliphatic heterocycles. The lowest BCUT2D eigenvalue weighted by Crippen LogP contribution is -2.24. The highest BCUT2D eigenvalue weighted by atomic mass is 32.1. The average Bonchev–Trinajstić information content (AvgIpc) is 2.61. The second kappa shape index (κ2) is 3.90. The first-order valence-corrected chi connectivity index (χ1v) is 5.41. The maximum Gasteiger partial charge on any atom is 0.450 e. The minimum atomic E-state index is -4.75. The van der Waals surface area contributed by atoms with Crippen molar-refractivity contribution in [3.05, 3.63) is 35.2 Å². The molecule has 5 heteroatoms. The number of thiophene rings is 1. The molecule has 0 amide bonds. The molecule has 2 aromatic rings. The van der Waals surface area contributed by atoms with Crippen molar-refractivity contribution >= 4 is 27.2 Å². The van der Waals surface area contributed by atoms with Gasteiger partial charge in [-0.15, -0.1) is 11.3 Å². The van der Waals surface area contributed by atoms with Crippen molar-refractivity contribution in [1.82, 2.24) is 0 Å². The maximum absolute atomic E-state index is 12.1. The van der Waals surface area contributed by atoms with Crippen LogP contribution in [0.15, 0.2) is 29.6 Å².